The quantitative estimate of drug-likeness (QED) is 0.449. The minimum absolute atomic E-state index is 0.420. The average molecular weight is 405 g/mol. The van der Waals surface area contributed by atoms with Crippen molar-refractivity contribution in [3.63, 3.8) is 0 Å². The normalized spacial score (nSPS) is 12.0. The Bertz CT molecular complexity index is 889. The molecule has 160 valence electrons. The van der Waals surface area contributed by atoms with Gasteiger partial charge in [-0.25, -0.2) is 9.13 Å². The number of hydrogen-bond donors (Lipinski definition) is 1. The Morgan fingerprint density at radius 2 is 1.07 bits per heavy atom. The summed E-state index contributed by atoms with van der Waals surface area (Å²) >= 11 is 0. The number of rotatable bonds is 6. The molecule has 0 aliphatic rings. The molecule has 0 aliphatic heterocycles. The van der Waals surface area contributed by atoms with Gasteiger partial charge in [-0.15, -0.1) is 0 Å². The van der Waals surface area contributed by atoms with Gasteiger partial charge in [0.25, 0.3) is 0 Å². The van der Waals surface area contributed by atoms with E-state index in [1.54, 1.807) is 0 Å². The number of para-hydroxylation sites is 2. The first-order chi connectivity index (χ1) is 14.1. The van der Waals surface area contributed by atoms with Crippen LogP contribution in [0, 0.1) is 0 Å². The second kappa shape index (κ2) is 8.67. The molecule has 3 rings (SSSR count). The predicted octanol–water partition coefficient (Wildman–Crippen LogP) is 6.83. The van der Waals surface area contributed by atoms with Gasteiger partial charge in [-0.3, -0.25) is 5.73 Å². The largest absolute Gasteiger partial charge is 0.365 e. The summed E-state index contributed by atoms with van der Waals surface area (Å²) in [5, 5.41) is 0. The van der Waals surface area contributed by atoms with Crippen molar-refractivity contribution in [2.75, 3.05) is 5.73 Å². The van der Waals surface area contributed by atoms with Crippen molar-refractivity contribution in [2.45, 2.75) is 79.1 Å². The molecule has 1 heterocycles. The van der Waals surface area contributed by atoms with Crippen molar-refractivity contribution in [3.8, 4) is 11.4 Å². The van der Waals surface area contributed by atoms with Gasteiger partial charge in [0.2, 0.25) is 0 Å². The molecule has 2 aromatic carbocycles. The van der Waals surface area contributed by atoms with Gasteiger partial charge in [-0.05, 0) is 45.9 Å². The topological polar surface area (TPSA) is 34.8 Å². The molecule has 3 nitrogen and oxygen atoms in total. The summed E-state index contributed by atoms with van der Waals surface area (Å²) in [6.07, 6.45) is 4.26. The SMILES string of the molecule is CC(C)c1cccc(C(C)C)c1-n1cc[n+](-c2c(C(C)C)cccc2C(C)C)c1N. The lowest BCUT2D eigenvalue weighted by molar-refractivity contribution is -0.580. The van der Waals surface area contributed by atoms with Gasteiger partial charge >= 0.3 is 5.95 Å². The van der Waals surface area contributed by atoms with E-state index in [4.69, 9.17) is 5.73 Å². The zero-order chi connectivity index (χ0) is 22.2. The zero-order valence-corrected chi connectivity index (χ0v) is 19.9. The van der Waals surface area contributed by atoms with Gasteiger partial charge in [-0.2, -0.15) is 0 Å². The molecule has 0 atom stereocenters. The van der Waals surface area contributed by atoms with E-state index in [0.29, 0.717) is 23.7 Å². The molecule has 0 fully saturated rings. The van der Waals surface area contributed by atoms with Crippen molar-refractivity contribution in [3.05, 3.63) is 71.0 Å². The highest BCUT2D eigenvalue weighted by Crippen LogP contribution is 2.33. The monoisotopic (exact) mass is 404 g/mol. The van der Waals surface area contributed by atoms with Crippen LogP contribution >= 0.6 is 0 Å². The van der Waals surface area contributed by atoms with E-state index in [9.17, 15) is 0 Å². The molecule has 0 radical (unpaired) electrons. The summed E-state index contributed by atoms with van der Waals surface area (Å²) in [7, 11) is 0. The number of nitrogens with zero attached hydrogens (tertiary/aromatic N) is 2. The average Bonchev–Trinajstić information content (AvgIpc) is 3.07. The minimum Gasteiger partial charge on any atom is -0.289 e. The van der Waals surface area contributed by atoms with Gasteiger partial charge in [-0.1, -0.05) is 91.8 Å². The maximum atomic E-state index is 6.87. The van der Waals surface area contributed by atoms with Crippen molar-refractivity contribution in [1.29, 1.82) is 0 Å². The molecule has 0 unspecified atom stereocenters. The van der Waals surface area contributed by atoms with Crippen LogP contribution in [0.4, 0.5) is 5.95 Å². The third-order valence-corrected chi connectivity index (χ3v) is 6.03. The Balaban J connectivity index is 2.32. The molecule has 1 aromatic heterocycles. The Labute approximate surface area is 182 Å². The Morgan fingerprint density at radius 3 is 1.47 bits per heavy atom. The Hall–Kier alpha value is -2.55. The van der Waals surface area contributed by atoms with Crippen LogP contribution in [-0.2, 0) is 0 Å². The van der Waals surface area contributed by atoms with Gasteiger partial charge in [0.05, 0.1) is 0 Å². The predicted molar refractivity (Wildman–Crippen MR) is 128 cm³/mol. The first-order valence-corrected chi connectivity index (χ1v) is 11.3. The number of nitrogen functional groups attached to an aromatic ring is 1. The summed E-state index contributed by atoms with van der Waals surface area (Å²) in [6.45, 7) is 18.0. The number of hydrogen-bond acceptors (Lipinski definition) is 1. The molecular formula is C27H38N3+. The highest BCUT2D eigenvalue weighted by Gasteiger charge is 2.26. The molecule has 0 bridgehead atoms. The summed E-state index contributed by atoms with van der Waals surface area (Å²) in [6, 6.07) is 13.3. The van der Waals surface area contributed by atoms with Crippen LogP contribution in [0.2, 0.25) is 0 Å². The van der Waals surface area contributed by atoms with Crippen LogP contribution in [0.15, 0.2) is 48.8 Å². The van der Waals surface area contributed by atoms with Crippen molar-refractivity contribution in [2.24, 2.45) is 0 Å². The van der Waals surface area contributed by atoms with Gasteiger partial charge in [0.1, 0.15) is 23.8 Å². The minimum atomic E-state index is 0.420. The number of aromatic nitrogens is 2. The van der Waals surface area contributed by atoms with Crippen LogP contribution in [0.3, 0.4) is 0 Å². The van der Waals surface area contributed by atoms with E-state index in [2.05, 4.69) is 113 Å². The van der Waals surface area contributed by atoms with Crippen molar-refractivity contribution >= 4 is 5.95 Å². The van der Waals surface area contributed by atoms with Crippen LogP contribution in [0.5, 0.6) is 0 Å². The van der Waals surface area contributed by atoms with E-state index in [1.807, 2.05) is 0 Å². The van der Waals surface area contributed by atoms with Crippen molar-refractivity contribution in [1.82, 2.24) is 4.57 Å². The van der Waals surface area contributed by atoms with Crippen LogP contribution in [-0.4, -0.2) is 4.57 Å². The molecule has 3 aromatic rings. The van der Waals surface area contributed by atoms with Gasteiger partial charge in [0.15, 0.2) is 0 Å². The lowest BCUT2D eigenvalue weighted by Crippen LogP contribution is -2.36. The second-order valence-corrected chi connectivity index (χ2v) is 9.59. The number of anilines is 1. The molecule has 0 saturated carbocycles. The Kier molecular flexibility index (Phi) is 6.40. The highest BCUT2D eigenvalue weighted by atomic mass is 15.2. The highest BCUT2D eigenvalue weighted by molar-refractivity contribution is 5.54. The van der Waals surface area contributed by atoms with E-state index >= 15 is 0 Å². The molecular weight excluding hydrogens is 366 g/mol. The summed E-state index contributed by atoms with van der Waals surface area (Å²) in [5.74, 6) is 2.43. The van der Waals surface area contributed by atoms with Crippen LogP contribution in [0.1, 0.15) is 101 Å². The fourth-order valence-corrected chi connectivity index (χ4v) is 4.36. The standard InChI is InChI=1S/C27H37N3/c1-17(2)21-11-9-12-22(18(3)4)25(21)29-15-16-30(27(29)28)26-23(19(5)6)13-10-14-24(26)20(7)8/h9-20,28H,1-8H3/p+1. The van der Waals surface area contributed by atoms with Crippen LogP contribution in [0.25, 0.3) is 11.4 Å². The molecule has 0 aliphatic carbocycles. The molecule has 0 saturated heterocycles. The third-order valence-electron chi connectivity index (χ3n) is 6.03. The fourth-order valence-electron chi connectivity index (χ4n) is 4.36. The zero-order valence-electron chi connectivity index (χ0n) is 19.9. The summed E-state index contributed by atoms with van der Waals surface area (Å²) < 4.78 is 4.37. The lowest BCUT2D eigenvalue weighted by atomic mass is 9.92. The number of imidazole rings is 1. The van der Waals surface area contributed by atoms with Crippen molar-refractivity contribution < 1.29 is 4.57 Å². The van der Waals surface area contributed by atoms with E-state index < -0.39 is 0 Å². The maximum Gasteiger partial charge on any atom is 0.365 e. The van der Waals surface area contributed by atoms with Gasteiger partial charge < -0.3 is 0 Å². The lowest BCUT2D eigenvalue weighted by Gasteiger charge is -2.19. The number of nitrogens with two attached hydrogens (primary N) is 1. The first kappa shape index (κ1) is 22.1. The molecule has 0 amide bonds. The van der Waals surface area contributed by atoms with E-state index in [-0.39, 0.29) is 0 Å². The van der Waals surface area contributed by atoms with Crippen LogP contribution < -0.4 is 10.3 Å². The summed E-state index contributed by atoms with van der Waals surface area (Å²) in [5.41, 5.74) is 14.6. The molecule has 3 heteroatoms. The molecule has 30 heavy (non-hydrogen) atoms. The maximum absolute atomic E-state index is 6.87. The third kappa shape index (κ3) is 3.90. The molecule has 0 spiro atoms. The Morgan fingerprint density at radius 1 is 0.667 bits per heavy atom. The second-order valence-electron chi connectivity index (χ2n) is 9.59. The number of benzene rings is 2. The van der Waals surface area contributed by atoms with E-state index in [1.165, 1.54) is 33.6 Å². The summed E-state index contributed by atoms with van der Waals surface area (Å²) in [4.78, 5) is 0. The van der Waals surface area contributed by atoms with E-state index in [0.717, 1.165) is 5.95 Å². The molecule has 2 N–H and O–H groups in total. The first-order valence-electron chi connectivity index (χ1n) is 11.3. The smallest absolute Gasteiger partial charge is 0.289 e. The fraction of sp³-hybridized carbons (Fsp3) is 0.444. The van der Waals surface area contributed by atoms with Gasteiger partial charge in [0, 0.05) is 0 Å².